The van der Waals surface area contributed by atoms with E-state index in [9.17, 15) is 22.0 Å². The van der Waals surface area contributed by atoms with Gasteiger partial charge in [-0.1, -0.05) is 0 Å². The third-order valence-electron chi connectivity index (χ3n) is 4.78. The smallest absolute Gasteiger partial charge is 0.437 e. The van der Waals surface area contributed by atoms with Crippen molar-refractivity contribution in [2.45, 2.75) is 25.3 Å². The summed E-state index contributed by atoms with van der Waals surface area (Å²) in [5.74, 6) is -0.420. The number of nitrogens with zero attached hydrogens (tertiary/aromatic N) is 5. The first-order valence-electron chi connectivity index (χ1n) is 9.29. The SMILES string of the molecule is FC(F)O[C@@H]1C[C@@H](COc2cccnc2C(F)(F)F)CN(c2cnc3cn[nH]c3n2)C1. The minimum absolute atomic E-state index is 0.121. The lowest BCUT2D eigenvalue weighted by Crippen LogP contribution is -2.47. The summed E-state index contributed by atoms with van der Waals surface area (Å²) in [6.45, 7) is -2.70. The van der Waals surface area contributed by atoms with Gasteiger partial charge in [-0.15, -0.1) is 0 Å². The minimum Gasteiger partial charge on any atom is -0.491 e. The highest BCUT2D eigenvalue weighted by Gasteiger charge is 2.37. The molecule has 0 amide bonds. The van der Waals surface area contributed by atoms with E-state index in [0.717, 1.165) is 6.20 Å². The maximum Gasteiger partial charge on any atom is 0.437 e. The number of alkyl halides is 5. The van der Waals surface area contributed by atoms with E-state index in [1.54, 1.807) is 4.90 Å². The first-order valence-corrected chi connectivity index (χ1v) is 9.29. The molecule has 0 aliphatic carbocycles. The number of hydrogen-bond acceptors (Lipinski definition) is 7. The van der Waals surface area contributed by atoms with Crippen LogP contribution < -0.4 is 9.64 Å². The van der Waals surface area contributed by atoms with Crippen molar-refractivity contribution in [3.05, 3.63) is 36.4 Å². The van der Waals surface area contributed by atoms with Gasteiger partial charge in [0.1, 0.15) is 17.1 Å². The topological polar surface area (TPSA) is 89.0 Å². The lowest BCUT2D eigenvalue weighted by Gasteiger charge is -2.37. The summed E-state index contributed by atoms with van der Waals surface area (Å²) < 4.78 is 75.1. The van der Waals surface area contributed by atoms with E-state index in [2.05, 4.69) is 29.9 Å². The van der Waals surface area contributed by atoms with Crippen molar-refractivity contribution in [1.82, 2.24) is 25.1 Å². The molecule has 3 aromatic heterocycles. The molecule has 13 heteroatoms. The van der Waals surface area contributed by atoms with Gasteiger partial charge in [-0.05, 0) is 18.6 Å². The van der Waals surface area contributed by atoms with Crippen LogP contribution in [0.5, 0.6) is 5.75 Å². The van der Waals surface area contributed by atoms with Crippen LogP contribution in [0.15, 0.2) is 30.7 Å². The van der Waals surface area contributed by atoms with Gasteiger partial charge in [0.2, 0.25) is 0 Å². The zero-order valence-electron chi connectivity index (χ0n) is 15.9. The van der Waals surface area contributed by atoms with Crippen LogP contribution in [0.1, 0.15) is 12.1 Å². The lowest BCUT2D eigenvalue weighted by molar-refractivity contribution is -0.168. The highest BCUT2D eigenvalue weighted by molar-refractivity contribution is 5.70. The van der Waals surface area contributed by atoms with Gasteiger partial charge in [0, 0.05) is 25.2 Å². The number of piperidine rings is 1. The quantitative estimate of drug-likeness (QED) is 0.584. The Hall–Kier alpha value is -3.09. The molecule has 1 N–H and O–H groups in total. The number of aromatic nitrogens is 5. The number of halogens is 5. The monoisotopic (exact) mass is 444 g/mol. The molecule has 166 valence electrons. The number of aromatic amines is 1. The van der Waals surface area contributed by atoms with Crippen LogP contribution in [0.3, 0.4) is 0 Å². The number of rotatable bonds is 6. The Morgan fingerprint density at radius 1 is 1.19 bits per heavy atom. The van der Waals surface area contributed by atoms with Crippen LogP contribution in [0.4, 0.5) is 27.8 Å². The molecule has 8 nitrogen and oxygen atoms in total. The molecule has 0 unspecified atom stereocenters. The summed E-state index contributed by atoms with van der Waals surface area (Å²) >= 11 is 0. The molecule has 1 fully saturated rings. The predicted molar refractivity (Wildman–Crippen MR) is 97.6 cm³/mol. The van der Waals surface area contributed by atoms with Gasteiger partial charge < -0.3 is 14.4 Å². The Morgan fingerprint density at radius 2 is 2.03 bits per heavy atom. The third-order valence-corrected chi connectivity index (χ3v) is 4.78. The normalized spacial score (nSPS) is 19.9. The molecule has 0 aromatic carbocycles. The molecule has 3 aromatic rings. The molecule has 31 heavy (non-hydrogen) atoms. The Kier molecular flexibility index (Phi) is 5.85. The molecule has 0 bridgehead atoms. The summed E-state index contributed by atoms with van der Waals surface area (Å²) in [6.07, 6.45) is -1.36. The molecule has 0 saturated carbocycles. The van der Waals surface area contributed by atoms with E-state index in [1.807, 2.05) is 0 Å². The van der Waals surface area contributed by atoms with Crippen LogP contribution >= 0.6 is 0 Å². The van der Waals surface area contributed by atoms with Gasteiger partial charge in [0.15, 0.2) is 11.3 Å². The van der Waals surface area contributed by atoms with E-state index in [0.29, 0.717) is 23.5 Å². The fourth-order valence-electron chi connectivity index (χ4n) is 3.51. The number of pyridine rings is 1. The van der Waals surface area contributed by atoms with Crippen molar-refractivity contribution in [2.75, 3.05) is 24.6 Å². The Balaban J connectivity index is 1.51. The van der Waals surface area contributed by atoms with Crippen molar-refractivity contribution < 1.29 is 31.4 Å². The summed E-state index contributed by atoms with van der Waals surface area (Å²) in [5.41, 5.74) is -0.178. The van der Waals surface area contributed by atoms with Gasteiger partial charge in [0.25, 0.3) is 0 Å². The van der Waals surface area contributed by atoms with Crippen molar-refractivity contribution in [2.24, 2.45) is 5.92 Å². The molecular formula is C18H17F5N6O2. The summed E-state index contributed by atoms with van der Waals surface area (Å²) in [6, 6.07) is 2.50. The molecule has 0 spiro atoms. The zero-order chi connectivity index (χ0) is 22.0. The fraction of sp³-hybridized carbons (Fsp3) is 0.444. The van der Waals surface area contributed by atoms with Crippen molar-refractivity contribution in [1.29, 1.82) is 0 Å². The van der Waals surface area contributed by atoms with E-state index in [1.165, 1.54) is 24.5 Å². The summed E-state index contributed by atoms with van der Waals surface area (Å²) in [4.78, 5) is 13.6. The zero-order valence-corrected chi connectivity index (χ0v) is 15.9. The van der Waals surface area contributed by atoms with E-state index in [4.69, 9.17) is 4.74 Å². The van der Waals surface area contributed by atoms with E-state index in [-0.39, 0.29) is 19.6 Å². The van der Waals surface area contributed by atoms with Gasteiger partial charge in [-0.2, -0.15) is 27.1 Å². The Labute approximate surface area is 172 Å². The second-order valence-corrected chi connectivity index (χ2v) is 7.02. The molecule has 2 atom stereocenters. The van der Waals surface area contributed by atoms with Crippen LogP contribution in [0, 0.1) is 5.92 Å². The second kappa shape index (κ2) is 8.57. The predicted octanol–water partition coefficient (Wildman–Crippen LogP) is 3.28. The van der Waals surface area contributed by atoms with Crippen LogP contribution in [0.25, 0.3) is 11.2 Å². The highest BCUT2D eigenvalue weighted by atomic mass is 19.4. The molecule has 1 aliphatic rings. The van der Waals surface area contributed by atoms with Gasteiger partial charge in [-0.25, -0.2) is 15.0 Å². The fourth-order valence-corrected chi connectivity index (χ4v) is 3.51. The molecule has 4 rings (SSSR count). The van der Waals surface area contributed by atoms with Crippen LogP contribution in [-0.2, 0) is 10.9 Å². The minimum atomic E-state index is -4.68. The number of H-pyrrole nitrogens is 1. The van der Waals surface area contributed by atoms with Crippen molar-refractivity contribution in [3.8, 4) is 5.75 Å². The maximum absolute atomic E-state index is 13.1. The average molecular weight is 444 g/mol. The Morgan fingerprint density at radius 3 is 2.81 bits per heavy atom. The number of anilines is 1. The number of ether oxygens (including phenoxy) is 2. The molecular weight excluding hydrogens is 427 g/mol. The van der Waals surface area contributed by atoms with Gasteiger partial charge in [0.05, 0.1) is 25.1 Å². The molecule has 4 heterocycles. The first-order chi connectivity index (χ1) is 14.8. The maximum atomic E-state index is 13.1. The number of fused-ring (bicyclic) bond motifs is 1. The summed E-state index contributed by atoms with van der Waals surface area (Å²) in [5, 5.41) is 6.52. The summed E-state index contributed by atoms with van der Waals surface area (Å²) in [7, 11) is 0. The molecule has 0 radical (unpaired) electrons. The number of hydrogen-bond donors (Lipinski definition) is 1. The molecule has 1 aliphatic heterocycles. The van der Waals surface area contributed by atoms with Gasteiger partial charge >= 0.3 is 12.8 Å². The molecule has 1 saturated heterocycles. The average Bonchev–Trinajstić information content (AvgIpc) is 3.19. The first kappa shape index (κ1) is 21.2. The largest absolute Gasteiger partial charge is 0.491 e. The Bertz CT molecular complexity index is 1030. The number of nitrogens with one attached hydrogen (secondary N) is 1. The van der Waals surface area contributed by atoms with Crippen molar-refractivity contribution >= 4 is 17.0 Å². The highest BCUT2D eigenvalue weighted by Crippen LogP contribution is 2.35. The van der Waals surface area contributed by atoms with Crippen molar-refractivity contribution in [3.63, 3.8) is 0 Å². The standard InChI is InChI=1S/C18H17F5N6O2/c19-17(20)31-11-4-10(9-30-13-2-1-3-24-15(13)18(21,22)23)7-29(8-11)14-6-25-12-5-26-28-16(12)27-14/h1-3,5-6,10-11,17H,4,7-9H2,(H,26,27,28)/t10-,11-/m1/s1. The van der Waals surface area contributed by atoms with E-state index >= 15 is 0 Å². The van der Waals surface area contributed by atoms with E-state index < -0.39 is 36.3 Å². The van der Waals surface area contributed by atoms with Gasteiger partial charge in [-0.3, -0.25) is 5.10 Å². The van der Waals surface area contributed by atoms with Crippen LogP contribution in [-0.4, -0.2) is 57.6 Å². The third kappa shape index (κ3) is 4.98. The second-order valence-electron chi connectivity index (χ2n) is 7.02. The van der Waals surface area contributed by atoms with Crippen LogP contribution in [0.2, 0.25) is 0 Å². The lowest BCUT2D eigenvalue weighted by atomic mass is 9.96.